The summed E-state index contributed by atoms with van der Waals surface area (Å²) in [5, 5.41) is 0. The van der Waals surface area contributed by atoms with Crippen LogP contribution < -0.4 is 8.58 Å². The molecule has 0 saturated carbocycles. The fourth-order valence-electron chi connectivity index (χ4n) is 1.69. The van der Waals surface area contributed by atoms with E-state index in [1.54, 1.807) is 0 Å². The summed E-state index contributed by atoms with van der Waals surface area (Å²) in [4.78, 5) is 6.72. The molecule has 0 bridgehead atoms. The third-order valence-corrected chi connectivity index (χ3v) is 4.70. The third kappa shape index (κ3) is 2.23. The van der Waals surface area contributed by atoms with E-state index < -0.39 is 0 Å². The number of aromatic amines is 2. The Morgan fingerprint density at radius 2 is 2.07 bits per heavy atom. The maximum atomic E-state index is 3.43. The molecule has 2 rings (SSSR count). The van der Waals surface area contributed by atoms with E-state index >= 15 is 0 Å². The van der Waals surface area contributed by atoms with Crippen molar-refractivity contribution in [2.24, 2.45) is 0 Å². The van der Waals surface area contributed by atoms with Gasteiger partial charge < -0.3 is 0 Å². The van der Waals surface area contributed by atoms with E-state index in [-0.39, 0.29) is 17.1 Å². The molecule has 2 N–H and O–H groups in total. The van der Waals surface area contributed by atoms with Gasteiger partial charge in [0.1, 0.15) is 0 Å². The van der Waals surface area contributed by atoms with Crippen LogP contribution >= 0.6 is 0 Å². The fourth-order valence-corrected chi connectivity index (χ4v) is 3.84. The number of aromatic nitrogens is 2. The SMILES string of the molecule is CCc1c[nH][c]([Ru][c]2ccc[nH]2)c1CC. The molecule has 15 heavy (non-hydrogen) atoms. The van der Waals surface area contributed by atoms with Crippen molar-refractivity contribution in [2.45, 2.75) is 26.7 Å². The summed E-state index contributed by atoms with van der Waals surface area (Å²) >= 11 is 0.131. The second kappa shape index (κ2) is 4.80. The summed E-state index contributed by atoms with van der Waals surface area (Å²) in [6, 6.07) is 4.24. The maximum absolute atomic E-state index is 3.43. The van der Waals surface area contributed by atoms with Gasteiger partial charge in [-0.05, 0) is 0 Å². The fraction of sp³-hybridized carbons (Fsp3) is 0.333. The van der Waals surface area contributed by atoms with Gasteiger partial charge in [-0.1, -0.05) is 0 Å². The van der Waals surface area contributed by atoms with Crippen molar-refractivity contribution in [3.8, 4) is 0 Å². The van der Waals surface area contributed by atoms with Crippen LogP contribution in [-0.2, 0) is 30.0 Å². The zero-order chi connectivity index (χ0) is 10.7. The molecule has 3 heteroatoms. The van der Waals surface area contributed by atoms with Gasteiger partial charge in [-0.3, -0.25) is 0 Å². The normalized spacial score (nSPS) is 11.1. The Morgan fingerprint density at radius 3 is 2.67 bits per heavy atom. The standard InChI is InChI=1S/C8H12N.C4H4N.Ru/c1-3-7-5-9-6-8(7)4-2;1-2-4-5-3-1;/h5,9H,3-4H2,1-2H3;1-3,5H;. The van der Waals surface area contributed by atoms with Crippen LogP contribution in [0, 0.1) is 0 Å². The predicted octanol–water partition coefficient (Wildman–Crippen LogP) is 1.50. The summed E-state index contributed by atoms with van der Waals surface area (Å²) in [5.74, 6) is 0. The minimum atomic E-state index is 0.131. The van der Waals surface area contributed by atoms with Crippen LogP contribution in [0.3, 0.4) is 0 Å². The van der Waals surface area contributed by atoms with E-state index in [9.17, 15) is 0 Å². The van der Waals surface area contributed by atoms with Crippen LogP contribution in [0.5, 0.6) is 0 Å². The van der Waals surface area contributed by atoms with Gasteiger partial charge in [0.05, 0.1) is 0 Å². The first-order chi connectivity index (χ1) is 7.35. The minimum absolute atomic E-state index is 0.131. The number of rotatable bonds is 4. The van der Waals surface area contributed by atoms with E-state index in [1.165, 1.54) is 19.7 Å². The molecule has 2 heterocycles. The van der Waals surface area contributed by atoms with Crippen LogP contribution in [0.1, 0.15) is 25.0 Å². The number of H-pyrrole nitrogens is 2. The summed E-state index contributed by atoms with van der Waals surface area (Å²) in [6.07, 6.45) is 6.44. The van der Waals surface area contributed by atoms with Gasteiger partial charge in [-0.2, -0.15) is 0 Å². The van der Waals surface area contributed by atoms with E-state index in [1.807, 2.05) is 6.20 Å². The van der Waals surface area contributed by atoms with Crippen molar-refractivity contribution in [1.82, 2.24) is 9.97 Å². The Labute approximate surface area is 98.1 Å². The van der Waals surface area contributed by atoms with Crippen molar-refractivity contribution in [3.63, 3.8) is 0 Å². The van der Waals surface area contributed by atoms with Crippen LogP contribution in [-0.4, -0.2) is 9.97 Å². The molecule has 2 aromatic rings. The van der Waals surface area contributed by atoms with Crippen LogP contribution in [0.15, 0.2) is 24.5 Å². The molecule has 2 nitrogen and oxygen atoms in total. The van der Waals surface area contributed by atoms with Crippen LogP contribution in [0.25, 0.3) is 0 Å². The van der Waals surface area contributed by atoms with Crippen LogP contribution in [0.2, 0.25) is 0 Å². The number of hydrogen-bond acceptors (Lipinski definition) is 0. The molecule has 0 aliphatic carbocycles. The van der Waals surface area contributed by atoms with Gasteiger partial charge in [0.2, 0.25) is 0 Å². The zero-order valence-electron chi connectivity index (χ0n) is 9.08. The van der Waals surface area contributed by atoms with Crippen molar-refractivity contribution >= 4 is 8.58 Å². The first-order valence-electron chi connectivity index (χ1n) is 5.30. The predicted molar refractivity (Wildman–Crippen MR) is 59.6 cm³/mol. The molecule has 0 atom stereocenters. The summed E-state index contributed by atoms with van der Waals surface area (Å²) in [6.45, 7) is 4.46. The third-order valence-electron chi connectivity index (χ3n) is 2.49. The molecule has 2 aromatic heterocycles. The van der Waals surface area contributed by atoms with E-state index in [0.717, 1.165) is 12.8 Å². The Bertz CT molecular complexity index is 415. The average molecular weight is 289 g/mol. The number of aryl methyl sites for hydroxylation is 1. The Balaban J connectivity index is 2.24. The second-order valence-corrected chi connectivity index (χ2v) is 5.63. The monoisotopic (exact) mass is 290 g/mol. The summed E-state index contributed by atoms with van der Waals surface area (Å²) in [7, 11) is 0. The average Bonchev–Trinajstić information content (AvgIpc) is 2.87. The molecule has 0 aliphatic rings. The van der Waals surface area contributed by atoms with Gasteiger partial charge in [-0.15, -0.1) is 0 Å². The van der Waals surface area contributed by atoms with Crippen molar-refractivity contribution in [1.29, 1.82) is 0 Å². The molecule has 0 radical (unpaired) electrons. The number of nitrogens with one attached hydrogen (secondary N) is 2. The molecule has 0 aliphatic heterocycles. The quantitative estimate of drug-likeness (QED) is 0.800. The van der Waals surface area contributed by atoms with Gasteiger partial charge in [0.15, 0.2) is 0 Å². The molecule has 0 unspecified atom stereocenters. The summed E-state index contributed by atoms with van der Waals surface area (Å²) < 4.78 is 2.81. The Kier molecular flexibility index (Phi) is 3.42. The topological polar surface area (TPSA) is 31.6 Å². The molecule has 82 valence electrons. The first-order valence-corrected chi connectivity index (χ1v) is 7.03. The van der Waals surface area contributed by atoms with Gasteiger partial charge in [-0.25, -0.2) is 0 Å². The second-order valence-electron chi connectivity index (χ2n) is 3.39. The van der Waals surface area contributed by atoms with Crippen molar-refractivity contribution in [2.75, 3.05) is 0 Å². The molecular weight excluding hydrogens is 273 g/mol. The molecular formula is C12H16N2Ru. The molecule has 0 fully saturated rings. The zero-order valence-corrected chi connectivity index (χ0v) is 10.8. The van der Waals surface area contributed by atoms with E-state index in [0.29, 0.717) is 0 Å². The Morgan fingerprint density at radius 1 is 1.20 bits per heavy atom. The summed E-state index contributed by atoms with van der Waals surface area (Å²) in [5.41, 5.74) is 3.01. The Hall–Kier alpha value is -0.817. The number of hydrogen-bond donors (Lipinski definition) is 2. The van der Waals surface area contributed by atoms with Crippen molar-refractivity contribution < 1.29 is 17.1 Å². The van der Waals surface area contributed by atoms with Gasteiger partial charge in [0.25, 0.3) is 0 Å². The van der Waals surface area contributed by atoms with E-state index in [2.05, 4.69) is 42.1 Å². The van der Waals surface area contributed by atoms with E-state index in [4.69, 9.17) is 0 Å². The van der Waals surface area contributed by atoms with Gasteiger partial charge in [0, 0.05) is 0 Å². The molecule has 0 aromatic carbocycles. The first kappa shape index (κ1) is 10.7. The molecule has 0 saturated heterocycles. The van der Waals surface area contributed by atoms with Crippen LogP contribution in [0.4, 0.5) is 0 Å². The van der Waals surface area contributed by atoms with Gasteiger partial charge >= 0.3 is 98.0 Å². The van der Waals surface area contributed by atoms with Crippen molar-refractivity contribution in [3.05, 3.63) is 35.7 Å². The molecule has 0 spiro atoms. The molecule has 0 amide bonds.